The van der Waals surface area contributed by atoms with E-state index in [4.69, 9.17) is 4.42 Å². The molecule has 1 aliphatic rings. The number of imidazole rings is 1. The van der Waals surface area contributed by atoms with Crippen molar-refractivity contribution in [1.82, 2.24) is 19.0 Å². The fourth-order valence-corrected chi connectivity index (χ4v) is 4.25. The fraction of sp³-hybridized carbons (Fsp3) is 0.280. The number of hydrogen-bond donors (Lipinski definition) is 0. The quantitative estimate of drug-likeness (QED) is 0.471. The Hall–Kier alpha value is -3.58. The first-order valence-corrected chi connectivity index (χ1v) is 11.0. The van der Waals surface area contributed by atoms with Gasteiger partial charge in [0.1, 0.15) is 12.0 Å². The van der Waals surface area contributed by atoms with Gasteiger partial charge in [0.25, 0.3) is 0 Å². The van der Waals surface area contributed by atoms with E-state index >= 15 is 0 Å². The van der Waals surface area contributed by atoms with Gasteiger partial charge in [0.2, 0.25) is 0 Å². The first kappa shape index (κ1) is 20.3. The van der Waals surface area contributed by atoms with Gasteiger partial charge in [-0.1, -0.05) is 30.3 Å². The van der Waals surface area contributed by atoms with E-state index in [0.717, 1.165) is 49.5 Å². The van der Waals surface area contributed by atoms with Crippen molar-refractivity contribution in [3.63, 3.8) is 0 Å². The van der Waals surface area contributed by atoms with Crippen molar-refractivity contribution in [3.05, 3.63) is 89.6 Å². The number of piperazine rings is 1. The van der Waals surface area contributed by atoms with E-state index in [1.807, 2.05) is 36.7 Å². The van der Waals surface area contributed by atoms with Crippen LogP contribution >= 0.6 is 0 Å². The maximum absolute atomic E-state index is 13.0. The van der Waals surface area contributed by atoms with E-state index in [0.29, 0.717) is 6.54 Å². The largest absolute Gasteiger partial charge is 0.451 e. The van der Waals surface area contributed by atoms with Crippen LogP contribution < -0.4 is 10.6 Å². The third kappa shape index (κ3) is 4.11. The highest BCUT2D eigenvalue weighted by Gasteiger charge is 2.17. The Labute approximate surface area is 187 Å². The van der Waals surface area contributed by atoms with Gasteiger partial charge in [-0.3, -0.25) is 9.13 Å². The van der Waals surface area contributed by atoms with E-state index in [-0.39, 0.29) is 5.69 Å². The van der Waals surface area contributed by atoms with Crippen molar-refractivity contribution < 1.29 is 4.42 Å². The van der Waals surface area contributed by atoms with Crippen LogP contribution in [-0.4, -0.2) is 52.2 Å². The third-order valence-electron chi connectivity index (χ3n) is 6.18. The number of anilines is 1. The van der Waals surface area contributed by atoms with Crippen molar-refractivity contribution in [2.75, 3.05) is 38.1 Å². The van der Waals surface area contributed by atoms with Gasteiger partial charge in [0.05, 0.1) is 5.69 Å². The Morgan fingerprint density at radius 3 is 2.50 bits per heavy atom. The minimum atomic E-state index is -0.0312. The number of para-hydroxylation sites is 1. The standard InChI is InChI=1S/C25H27N5O2/c1-27-12-14-28(15-13-27)24-5-3-2-4-21(24)10-11-29-16-17-30(25(29)31)22-8-6-20(7-9-22)23-18-32-19-26-23/h2-9,16-19H,10-15H2,1H3. The molecule has 0 radical (unpaired) electrons. The van der Waals surface area contributed by atoms with Gasteiger partial charge < -0.3 is 14.2 Å². The highest BCUT2D eigenvalue weighted by atomic mass is 16.3. The number of hydrogen-bond acceptors (Lipinski definition) is 5. The molecule has 0 amide bonds. The zero-order valence-electron chi connectivity index (χ0n) is 18.2. The average Bonchev–Trinajstić information content (AvgIpc) is 3.49. The number of nitrogens with zero attached hydrogens (tertiary/aromatic N) is 5. The van der Waals surface area contributed by atoms with Gasteiger partial charge >= 0.3 is 5.69 Å². The molecule has 0 bridgehead atoms. The molecule has 0 spiro atoms. The summed E-state index contributed by atoms with van der Waals surface area (Å²) in [6, 6.07) is 16.3. The van der Waals surface area contributed by atoms with Crippen molar-refractivity contribution in [2.45, 2.75) is 13.0 Å². The molecule has 0 aliphatic carbocycles. The number of aryl methyl sites for hydroxylation is 2. The predicted octanol–water partition coefficient (Wildman–Crippen LogP) is 3.29. The summed E-state index contributed by atoms with van der Waals surface area (Å²) in [6.07, 6.45) is 7.54. The molecule has 7 nitrogen and oxygen atoms in total. The summed E-state index contributed by atoms with van der Waals surface area (Å²) in [7, 11) is 2.17. The van der Waals surface area contributed by atoms with Gasteiger partial charge in [-0.2, -0.15) is 0 Å². The van der Waals surface area contributed by atoms with Crippen LogP contribution in [0.25, 0.3) is 16.9 Å². The topological polar surface area (TPSA) is 59.4 Å². The molecular formula is C25H27N5O2. The average molecular weight is 430 g/mol. The summed E-state index contributed by atoms with van der Waals surface area (Å²) in [5, 5.41) is 0. The zero-order chi connectivity index (χ0) is 21.9. The van der Waals surface area contributed by atoms with E-state index in [2.05, 4.69) is 46.1 Å². The first-order valence-electron chi connectivity index (χ1n) is 11.0. The summed E-state index contributed by atoms with van der Waals surface area (Å²) in [5.41, 5.74) is 5.11. The van der Waals surface area contributed by atoms with Crippen LogP contribution in [0, 0.1) is 0 Å². The highest BCUT2D eigenvalue weighted by molar-refractivity contribution is 5.59. The Bertz CT molecular complexity index is 1220. The molecule has 0 unspecified atom stereocenters. The maximum atomic E-state index is 13.0. The molecule has 7 heteroatoms. The normalized spacial score (nSPS) is 14.7. The molecule has 5 rings (SSSR count). The summed E-state index contributed by atoms with van der Waals surface area (Å²) >= 11 is 0. The lowest BCUT2D eigenvalue weighted by molar-refractivity contribution is 0.312. The van der Waals surface area contributed by atoms with E-state index in [9.17, 15) is 4.79 Å². The number of oxazole rings is 1. The molecule has 32 heavy (non-hydrogen) atoms. The molecule has 4 aromatic rings. The molecule has 2 aromatic carbocycles. The molecule has 1 fully saturated rings. The van der Waals surface area contributed by atoms with E-state index in [1.54, 1.807) is 15.4 Å². The molecular weight excluding hydrogens is 402 g/mol. The van der Waals surface area contributed by atoms with Crippen LogP contribution in [0.4, 0.5) is 5.69 Å². The lowest BCUT2D eigenvalue weighted by Gasteiger charge is -2.35. The van der Waals surface area contributed by atoms with Crippen LogP contribution in [0.3, 0.4) is 0 Å². The van der Waals surface area contributed by atoms with Gasteiger partial charge in [0, 0.05) is 56.4 Å². The van der Waals surface area contributed by atoms with Crippen molar-refractivity contribution in [2.24, 2.45) is 0 Å². The maximum Gasteiger partial charge on any atom is 0.332 e. The number of rotatable bonds is 6. The van der Waals surface area contributed by atoms with Gasteiger partial charge in [-0.25, -0.2) is 9.78 Å². The monoisotopic (exact) mass is 429 g/mol. The van der Waals surface area contributed by atoms with Crippen LogP contribution in [0.2, 0.25) is 0 Å². The fourth-order valence-electron chi connectivity index (χ4n) is 4.25. The van der Waals surface area contributed by atoms with Crippen LogP contribution in [-0.2, 0) is 13.0 Å². The molecule has 1 aliphatic heterocycles. The van der Waals surface area contributed by atoms with Crippen molar-refractivity contribution >= 4 is 5.69 Å². The van der Waals surface area contributed by atoms with Gasteiger partial charge in [-0.05, 0) is 37.2 Å². The molecule has 1 saturated heterocycles. The summed E-state index contributed by atoms with van der Waals surface area (Å²) in [5.74, 6) is 0. The Morgan fingerprint density at radius 2 is 1.75 bits per heavy atom. The molecule has 0 atom stereocenters. The Kier molecular flexibility index (Phi) is 5.64. The van der Waals surface area contributed by atoms with Crippen LogP contribution in [0.1, 0.15) is 5.56 Å². The van der Waals surface area contributed by atoms with Crippen LogP contribution in [0.15, 0.2) is 82.8 Å². The third-order valence-corrected chi connectivity index (χ3v) is 6.18. The minimum absolute atomic E-state index is 0.0312. The number of aromatic nitrogens is 3. The van der Waals surface area contributed by atoms with E-state index < -0.39 is 0 Å². The van der Waals surface area contributed by atoms with Gasteiger partial charge in [-0.15, -0.1) is 0 Å². The lowest BCUT2D eigenvalue weighted by atomic mass is 10.1. The summed E-state index contributed by atoms with van der Waals surface area (Å²) < 4.78 is 8.51. The lowest BCUT2D eigenvalue weighted by Crippen LogP contribution is -2.44. The first-order chi connectivity index (χ1) is 15.7. The van der Waals surface area contributed by atoms with Crippen LogP contribution in [0.5, 0.6) is 0 Å². The molecule has 164 valence electrons. The highest BCUT2D eigenvalue weighted by Crippen LogP contribution is 2.23. The minimum Gasteiger partial charge on any atom is -0.451 e. The second kappa shape index (κ2) is 8.88. The SMILES string of the molecule is CN1CCN(c2ccccc2CCn2ccn(-c3ccc(-c4cocn4)cc3)c2=O)CC1. The van der Waals surface area contributed by atoms with Crippen molar-refractivity contribution in [1.29, 1.82) is 0 Å². The Balaban J connectivity index is 1.31. The second-order valence-corrected chi connectivity index (χ2v) is 8.23. The Morgan fingerprint density at radius 1 is 0.969 bits per heavy atom. The molecule has 2 aromatic heterocycles. The summed E-state index contributed by atoms with van der Waals surface area (Å²) in [6.45, 7) is 4.87. The molecule has 0 N–H and O–H groups in total. The molecule has 0 saturated carbocycles. The smallest absolute Gasteiger partial charge is 0.332 e. The number of likely N-dealkylation sites (N-methyl/N-ethyl adjacent to an activating group) is 1. The predicted molar refractivity (Wildman–Crippen MR) is 125 cm³/mol. The molecule has 3 heterocycles. The van der Waals surface area contributed by atoms with E-state index in [1.165, 1.54) is 17.6 Å². The van der Waals surface area contributed by atoms with Crippen molar-refractivity contribution in [3.8, 4) is 16.9 Å². The summed E-state index contributed by atoms with van der Waals surface area (Å²) in [4.78, 5) is 22.0. The second-order valence-electron chi connectivity index (χ2n) is 8.23. The number of benzene rings is 2. The zero-order valence-corrected chi connectivity index (χ0v) is 18.2. The van der Waals surface area contributed by atoms with Gasteiger partial charge in [0.15, 0.2) is 6.39 Å².